The van der Waals surface area contributed by atoms with Crippen LogP contribution in [-0.4, -0.2) is 19.6 Å². The highest BCUT2D eigenvalue weighted by Gasteiger charge is 2.25. The Bertz CT molecular complexity index is 3360. The van der Waals surface area contributed by atoms with Crippen molar-refractivity contribution in [3.63, 3.8) is 0 Å². The first-order chi connectivity index (χ1) is 33.2. The van der Waals surface area contributed by atoms with Gasteiger partial charge in [0.1, 0.15) is 11.6 Å². The fourth-order valence-corrected chi connectivity index (χ4v) is 9.09. The van der Waals surface area contributed by atoms with Crippen LogP contribution in [0.2, 0.25) is 0 Å². The van der Waals surface area contributed by atoms with E-state index in [9.17, 15) is 7.85 Å². The van der Waals surface area contributed by atoms with Crippen LogP contribution in [0.15, 0.2) is 164 Å². The zero-order valence-electron chi connectivity index (χ0n) is 43.5. The number of hydrogen-bond donors (Lipinski definition) is 1. The zero-order chi connectivity index (χ0) is 49.9. The molecule has 0 aliphatic carbocycles. The molecule has 0 radical (unpaired) electrons. The lowest BCUT2D eigenvalue weighted by Crippen LogP contribution is -2.04. The average Bonchev–Trinajstić information content (AvgIpc) is 3.72. The van der Waals surface area contributed by atoms with Crippen molar-refractivity contribution in [1.82, 2.24) is 14.5 Å². The van der Waals surface area contributed by atoms with Crippen molar-refractivity contribution in [1.29, 1.82) is 0 Å². The first-order valence-corrected chi connectivity index (χ1v) is 22.6. The van der Waals surface area contributed by atoms with Crippen molar-refractivity contribution in [2.24, 2.45) is 0 Å². The van der Waals surface area contributed by atoms with Gasteiger partial charge in [0.2, 0.25) is 0 Å². The third-order valence-corrected chi connectivity index (χ3v) is 12.6. The number of phenols is 1. The first kappa shape index (κ1) is 37.3. The molecule has 9 rings (SSSR count). The molecule has 0 aliphatic heterocycles. The van der Waals surface area contributed by atoms with Gasteiger partial charge in [-0.05, 0) is 152 Å². The van der Waals surface area contributed by atoms with Gasteiger partial charge in [0, 0.05) is 24.2 Å². The molecule has 0 amide bonds. The van der Waals surface area contributed by atoms with Gasteiger partial charge >= 0.3 is 0 Å². The van der Waals surface area contributed by atoms with Crippen LogP contribution in [0.25, 0.3) is 83.9 Å². The Labute approximate surface area is 392 Å². The maximum atomic E-state index is 12.4. The number of benzene rings is 7. The highest BCUT2D eigenvalue weighted by molar-refractivity contribution is 5.98. The van der Waals surface area contributed by atoms with E-state index in [0.29, 0.717) is 50.4 Å². The predicted molar refractivity (Wildman–Crippen MR) is 274 cm³/mol. The van der Waals surface area contributed by atoms with E-state index in [-0.39, 0.29) is 23.1 Å². The van der Waals surface area contributed by atoms with Crippen LogP contribution in [0.4, 0.5) is 0 Å². The number of phenolic OH excluding ortho intramolecular Hbond substituents is 1. The summed E-state index contributed by atoms with van der Waals surface area (Å²) >= 11 is 0. The molecule has 0 saturated carbocycles. The number of fused-ring (bicyclic) bond motifs is 1. The van der Waals surface area contributed by atoms with Gasteiger partial charge in [0.25, 0.3) is 0 Å². The lowest BCUT2D eigenvalue weighted by Gasteiger charge is -2.22. The summed E-state index contributed by atoms with van der Waals surface area (Å²) in [5.74, 6) is -1.51. The summed E-state index contributed by atoms with van der Waals surface area (Å²) in [5.41, 5.74) is 14.3. The number of rotatable bonds is 11. The van der Waals surface area contributed by atoms with Gasteiger partial charge in [-0.25, -0.2) is 4.98 Å². The van der Waals surface area contributed by atoms with E-state index in [1.54, 1.807) is 6.07 Å². The normalized spacial score (nSPS) is 13.4. The third kappa shape index (κ3) is 8.30. The molecule has 9 aromatic rings. The van der Waals surface area contributed by atoms with E-state index in [1.807, 2.05) is 136 Å². The van der Waals surface area contributed by atoms with Crippen molar-refractivity contribution in [3.05, 3.63) is 192 Å². The van der Waals surface area contributed by atoms with Crippen molar-refractivity contribution in [3.8, 4) is 78.6 Å². The molecule has 0 atom stereocenters. The second-order valence-corrected chi connectivity index (χ2v) is 18.2. The second kappa shape index (κ2) is 17.9. The summed E-state index contributed by atoms with van der Waals surface area (Å²) in [4.78, 5) is 10.4. The molecular weight excluding hydrogens is 791 g/mol. The summed E-state index contributed by atoms with van der Waals surface area (Å²) in [6.45, 7) is 13.0. The van der Waals surface area contributed by atoms with E-state index in [2.05, 4.69) is 82.3 Å². The minimum absolute atomic E-state index is 0.0203. The van der Waals surface area contributed by atoms with Crippen LogP contribution in [0.1, 0.15) is 114 Å². The molecule has 4 nitrogen and oxygen atoms in total. The van der Waals surface area contributed by atoms with Gasteiger partial charge in [0.05, 0.1) is 28.0 Å². The molecule has 324 valence electrons. The van der Waals surface area contributed by atoms with Crippen LogP contribution in [0, 0.1) is 6.85 Å². The largest absolute Gasteiger partial charge is 0.507 e. The number of aromatic hydroxyl groups is 1. The summed E-state index contributed by atoms with van der Waals surface area (Å²) in [6.07, 6.45) is 1.85. The third-order valence-electron chi connectivity index (χ3n) is 12.6. The quantitative estimate of drug-likeness (QED) is 0.141. The number of hydrogen-bond acceptors (Lipinski definition) is 3. The summed E-state index contributed by atoms with van der Waals surface area (Å²) in [6, 6.07) is 52.3. The fraction of sp³-hybridized carbons (Fsp3) is 0.213. The molecule has 1 N–H and O–H groups in total. The van der Waals surface area contributed by atoms with E-state index in [4.69, 9.17) is 14.1 Å². The lowest BCUT2D eigenvalue weighted by atomic mass is 9.84. The SMILES string of the molecule is [2H]C([2H])([2H])c1cc(-c2c(C([2H])(C)C)cccc2C([2H])(C)C)ccc1-n1c(-c2cc(C(C)C)cc(C(C)C)c2O)nc2c(-c3cc(-c4ccccc4)cc(-c4cc(-c5ccccc5)ccn4)c3)cccc21. The number of nitrogens with zero attached hydrogens (tertiary/aromatic N) is 3. The van der Waals surface area contributed by atoms with Crippen LogP contribution in [0.3, 0.4) is 0 Å². The van der Waals surface area contributed by atoms with E-state index >= 15 is 0 Å². The molecule has 4 heteroatoms. The number of aryl methyl sites for hydroxylation is 1. The maximum absolute atomic E-state index is 12.4. The Balaban J connectivity index is 1.36. The van der Waals surface area contributed by atoms with E-state index in [0.717, 1.165) is 55.8 Å². The standard InChI is InChI=1S/C61H59N3O/c1-37(2)46-34-53(40(7)8)60(65)54(35-46)61-63-59-52(24-17-25-57(59)64(61)56-27-26-45(30-41(56)9)58-50(38(3)4)22-16-23-51(58)39(5)6)48-31-47(43-20-14-11-15-21-43)32-49(33-48)55-36-44(28-29-62-55)42-18-12-10-13-19-42/h10-40,65H,1-9H3/i9D3,38D,39D. The second-order valence-electron chi connectivity index (χ2n) is 18.2. The van der Waals surface area contributed by atoms with Gasteiger partial charge in [-0.1, -0.05) is 159 Å². The zero-order valence-corrected chi connectivity index (χ0v) is 38.5. The molecule has 2 heterocycles. The molecule has 0 bridgehead atoms. The minimum Gasteiger partial charge on any atom is -0.507 e. The highest BCUT2D eigenvalue weighted by Crippen LogP contribution is 2.44. The molecule has 0 saturated heterocycles. The highest BCUT2D eigenvalue weighted by atomic mass is 16.3. The van der Waals surface area contributed by atoms with Gasteiger partial charge in [-0.15, -0.1) is 0 Å². The molecule has 65 heavy (non-hydrogen) atoms. The van der Waals surface area contributed by atoms with E-state index < -0.39 is 18.6 Å². The monoisotopic (exact) mass is 854 g/mol. The van der Waals surface area contributed by atoms with E-state index in [1.165, 1.54) is 0 Å². The van der Waals surface area contributed by atoms with Gasteiger partial charge in [0.15, 0.2) is 0 Å². The van der Waals surface area contributed by atoms with Crippen molar-refractivity contribution < 1.29 is 12.0 Å². The molecule has 0 unspecified atom stereocenters. The molecule has 2 aromatic heterocycles. The van der Waals surface area contributed by atoms with Crippen molar-refractivity contribution in [2.45, 2.75) is 85.9 Å². The number of para-hydroxylation sites is 1. The smallest absolute Gasteiger partial charge is 0.149 e. The molecule has 0 fully saturated rings. The Morgan fingerprint density at radius 3 is 1.82 bits per heavy atom. The Morgan fingerprint density at radius 1 is 0.523 bits per heavy atom. The number of aromatic nitrogens is 3. The summed E-state index contributed by atoms with van der Waals surface area (Å²) in [7, 11) is 0. The topological polar surface area (TPSA) is 50.9 Å². The lowest BCUT2D eigenvalue weighted by molar-refractivity contribution is 0.466. The Kier molecular flexibility index (Phi) is 10.3. The summed E-state index contributed by atoms with van der Waals surface area (Å²) in [5, 5.41) is 12.4. The average molecular weight is 855 g/mol. The molecular formula is C61H59N3O. The molecule has 0 aliphatic rings. The van der Waals surface area contributed by atoms with Gasteiger partial charge in [-0.2, -0.15) is 0 Å². The van der Waals surface area contributed by atoms with Gasteiger partial charge < -0.3 is 5.11 Å². The van der Waals surface area contributed by atoms with Crippen LogP contribution in [-0.2, 0) is 0 Å². The van der Waals surface area contributed by atoms with Crippen LogP contribution < -0.4 is 0 Å². The Morgan fingerprint density at radius 2 is 1.17 bits per heavy atom. The van der Waals surface area contributed by atoms with Crippen molar-refractivity contribution >= 4 is 11.0 Å². The minimum atomic E-state index is -2.62. The fourth-order valence-electron chi connectivity index (χ4n) is 9.09. The first-order valence-electron chi connectivity index (χ1n) is 25.1. The number of imidazole rings is 1. The summed E-state index contributed by atoms with van der Waals surface area (Å²) < 4.78 is 47.7. The molecule has 7 aromatic carbocycles. The van der Waals surface area contributed by atoms with Crippen molar-refractivity contribution in [2.75, 3.05) is 0 Å². The van der Waals surface area contributed by atoms with Crippen LogP contribution in [0.5, 0.6) is 5.75 Å². The molecule has 0 spiro atoms. The number of pyridine rings is 1. The predicted octanol–water partition coefficient (Wildman–Crippen LogP) is 16.9. The Hall–Kier alpha value is -7.04. The van der Waals surface area contributed by atoms with Crippen LogP contribution >= 0.6 is 0 Å². The van der Waals surface area contributed by atoms with Gasteiger partial charge in [-0.3, -0.25) is 9.55 Å². The maximum Gasteiger partial charge on any atom is 0.149 e.